The number of rotatable bonds is 7. The van der Waals surface area contributed by atoms with E-state index in [-0.39, 0.29) is 0 Å². The molecule has 0 spiro atoms. The second-order valence-electron chi connectivity index (χ2n) is 7.87. The topological polar surface area (TPSA) is 0 Å². The van der Waals surface area contributed by atoms with Crippen LogP contribution in [-0.2, 0) is 6.42 Å². The van der Waals surface area contributed by atoms with Crippen LogP contribution in [0.15, 0.2) is 66.8 Å². The Balaban J connectivity index is 1.61. The molecule has 2 unspecified atom stereocenters. The molecular weight excluding hydrogens is 312 g/mol. The third-order valence-corrected chi connectivity index (χ3v) is 5.59. The van der Waals surface area contributed by atoms with E-state index in [1.165, 1.54) is 53.5 Å². The lowest BCUT2D eigenvalue weighted by atomic mass is 9.88. The lowest BCUT2D eigenvalue weighted by Crippen LogP contribution is -2.01. The van der Waals surface area contributed by atoms with Gasteiger partial charge >= 0.3 is 0 Å². The number of benzene rings is 2. The average Bonchev–Trinajstić information content (AvgIpc) is 2.68. The van der Waals surface area contributed by atoms with Crippen molar-refractivity contribution >= 4 is 5.57 Å². The van der Waals surface area contributed by atoms with Crippen molar-refractivity contribution < 1.29 is 0 Å². The van der Waals surface area contributed by atoms with Gasteiger partial charge in [0.05, 0.1) is 0 Å². The summed E-state index contributed by atoms with van der Waals surface area (Å²) < 4.78 is 0. The van der Waals surface area contributed by atoms with Gasteiger partial charge < -0.3 is 0 Å². The first-order valence-electron chi connectivity index (χ1n) is 10.2. The monoisotopic (exact) mass is 344 g/mol. The van der Waals surface area contributed by atoms with E-state index in [2.05, 4.69) is 87.5 Å². The summed E-state index contributed by atoms with van der Waals surface area (Å²) in [5.41, 5.74) is 6.91. The standard InChI is InChI=1S/C26H32/c1-4-5-6-22-11-13-25(14-12-22)26-17-15-24(16-18-26)21(3)19-23-9-7-20(2)8-10-23/h7-11,13-18,21-22H,4-6,12,19H2,1-3H3. The minimum atomic E-state index is 0.543. The van der Waals surface area contributed by atoms with Gasteiger partial charge in [0.1, 0.15) is 0 Å². The molecule has 3 rings (SSSR count). The van der Waals surface area contributed by atoms with Crippen LogP contribution in [0.1, 0.15) is 67.7 Å². The molecule has 136 valence electrons. The highest BCUT2D eigenvalue weighted by atomic mass is 14.2. The van der Waals surface area contributed by atoms with Crippen molar-refractivity contribution in [2.45, 2.75) is 58.8 Å². The fourth-order valence-electron chi connectivity index (χ4n) is 3.76. The predicted octanol–water partition coefficient (Wildman–Crippen LogP) is 7.49. The normalized spacial score (nSPS) is 17.8. The second kappa shape index (κ2) is 9.03. The zero-order chi connectivity index (χ0) is 18.4. The van der Waals surface area contributed by atoms with Crippen LogP contribution in [-0.4, -0.2) is 0 Å². The smallest absolute Gasteiger partial charge is 0.0150 e. The molecule has 0 N–H and O–H groups in total. The highest BCUT2D eigenvalue weighted by Gasteiger charge is 2.11. The van der Waals surface area contributed by atoms with E-state index >= 15 is 0 Å². The van der Waals surface area contributed by atoms with Crippen molar-refractivity contribution in [2.24, 2.45) is 5.92 Å². The summed E-state index contributed by atoms with van der Waals surface area (Å²) in [5.74, 6) is 1.29. The van der Waals surface area contributed by atoms with Crippen LogP contribution in [0.3, 0.4) is 0 Å². The molecular formula is C26H32. The van der Waals surface area contributed by atoms with Crippen molar-refractivity contribution in [3.63, 3.8) is 0 Å². The molecule has 0 heteroatoms. The first-order chi connectivity index (χ1) is 12.7. The predicted molar refractivity (Wildman–Crippen MR) is 114 cm³/mol. The van der Waals surface area contributed by atoms with E-state index in [0.29, 0.717) is 5.92 Å². The molecule has 0 bridgehead atoms. The third-order valence-electron chi connectivity index (χ3n) is 5.59. The van der Waals surface area contributed by atoms with Crippen LogP contribution < -0.4 is 0 Å². The molecule has 1 aliphatic carbocycles. The van der Waals surface area contributed by atoms with Crippen LogP contribution in [0.4, 0.5) is 0 Å². The first-order valence-corrected chi connectivity index (χ1v) is 10.2. The van der Waals surface area contributed by atoms with Crippen LogP contribution in [0, 0.1) is 12.8 Å². The SMILES string of the molecule is CCCCC1C=CC(c2ccc(C(C)Cc3ccc(C)cc3)cc2)=CC1. The van der Waals surface area contributed by atoms with E-state index in [1.54, 1.807) is 0 Å². The maximum absolute atomic E-state index is 2.42. The van der Waals surface area contributed by atoms with Gasteiger partial charge in [-0.1, -0.05) is 99.0 Å². The Kier molecular flexibility index (Phi) is 6.50. The Morgan fingerprint density at radius 1 is 1.00 bits per heavy atom. The fraction of sp³-hybridized carbons (Fsp3) is 0.385. The highest BCUT2D eigenvalue weighted by molar-refractivity contribution is 5.75. The minimum Gasteiger partial charge on any atom is -0.0805 e. The number of unbranched alkanes of at least 4 members (excludes halogenated alkanes) is 1. The van der Waals surface area contributed by atoms with Gasteiger partial charge in [-0.3, -0.25) is 0 Å². The number of hydrogen-bond acceptors (Lipinski definition) is 0. The Morgan fingerprint density at radius 2 is 1.73 bits per heavy atom. The summed E-state index contributed by atoms with van der Waals surface area (Å²) in [7, 11) is 0. The summed E-state index contributed by atoms with van der Waals surface area (Å²) >= 11 is 0. The molecule has 26 heavy (non-hydrogen) atoms. The lowest BCUT2D eigenvalue weighted by molar-refractivity contribution is 0.559. The molecule has 0 fully saturated rings. The minimum absolute atomic E-state index is 0.543. The fourth-order valence-corrected chi connectivity index (χ4v) is 3.76. The highest BCUT2D eigenvalue weighted by Crippen LogP contribution is 2.28. The van der Waals surface area contributed by atoms with Gasteiger partial charge in [0, 0.05) is 0 Å². The van der Waals surface area contributed by atoms with E-state index < -0.39 is 0 Å². The van der Waals surface area contributed by atoms with Crippen molar-refractivity contribution in [3.8, 4) is 0 Å². The summed E-state index contributed by atoms with van der Waals surface area (Å²) in [6.07, 6.45) is 13.4. The summed E-state index contributed by atoms with van der Waals surface area (Å²) in [6.45, 7) is 6.74. The van der Waals surface area contributed by atoms with Crippen molar-refractivity contribution in [3.05, 3.63) is 89.0 Å². The number of hydrogen-bond donors (Lipinski definition) is 0. The molecule has 0 heterocycles. The summed E-state index contributed by atoms with van der Waals surface area (Å²) in [6, 6.07) is 18.1. The summed E-state index contributed by atoms with van der Waals surface area (Å²) in [4.78, 5) is 0. The van der Waals surface area contributed by atoms with Gasteiger partial charge in [0.2, 0.25) is 0 Å². The van der Waals surface area contributed by atoms with Gasteiger partial charge in [-0.05, 0) is 60.3 Å². The molecule has 0 nitrogen and oxygen atoms in total. The molecule has 1 aliphatic rings. The van der Waals surface area contributed by atoms with Crippen LogP contribution in [0.2, 0.25) is 0 Å². The molecule has 2 aromatic carbocycles. The molecule has 0 saturated heterocycles. The molecule has 2 aromatic rings. The maximum atomic E-state index is 2.42. The van der Waals surface area contributed by atoms with Gasteiger partial charge in [0.25, 0.3) is 0 Å². The Hall–Kier alpha value is -2.08. The molecule has 0 amide bonds. The van der Waals surface area contributed by atoms with Crippen LogP contribution >= 0.6 is 0 Å². The first kappa shape index (κ1) is 18.7. The largest absolute Gasteiger partial charge is 0.0805 e. The van der Waals surface area contributed by atoms with E-state index in [9.17, 15) is 0 Å². The second-order valence-corrected chi connectivity index (χ2v) is 7.87. The van der Waals surface area contributed by atoms with Crippen LogP contribution in [0.5, 0.6) is 0 Å². The van der Waals surface area contributed by atoms with E-state index in [4.69, 9.17) is 0 Å². The number of aryl methyl sites for hydroxylation is 1. The quantitative estimate of drug-likeness (QED) is 0.488. The Morgan fingerprint density at radius 3 is 2.35 bits per heavy atom. The zero-order valence-corrected chi connectivity index (χ0v) is 16.5. The van der Waals surface area contributed by atoms with Crippen molar-refractivity contribution in [2.75, 3.05) is 0 Å². The Bertz CT molecular complexity index is 744. The molecule has 2 atom stereocenters. The molecule has 0 saturated carbocycles. The van der Waals surface area contributed by atoms with Crippen molar-refractivity contribution in [1.82, 2.24) is 0 Å². The van der Waals surface area contributed by atoms with Crippen LogP contribution in [0.25, 0.3) is 5.57 Å². The molecule has 0 aromatic heterocycles. The van der Waals surface area contributed by atoms with E-state index in [1.807, 2.05) is 0 Å². The summed E-state index contributed by atoms with van der Waals surface area (Å²) in [5, 5.41) is 0. The average molecular weight is 345 g/mol. The van der Waals surface area contributed by atoms with Gasteiger partial charge in [-0.25, -0.2) is 0 Å². The van der Waals surface area contributed by atoms with Crippen molar-refractivity contribution in [1.29, 1.82) is 0 Å². The maximum Gasteiger partial charge on any atom is -0.0150 e. The number of allylic oxidation sites excluding steroid dienone is 4. The lowest BCUT2D eigenvalue weighted by Gasteiger charge is -2.17. The molecule has 0 aliphatic heterocycles. The Labute approximate surface area is 159 Å². The van der Waals surface area contributed by atoms with E-state index in [0.717, 1.165) is 12.3 Å². The van der Waals surface area contributed by atoms with Gasteiger partial charge in [0.15, 0.2) is 0 Å². The van der Waals surface area contributed by atoms with Gasteiger partial charge in [-0.2, -0.15) is 0 Å². The zero-order valence-electron chi connectivity index (χ0n) is 16.5. The third kappa shape index (κ3) is 4.97. The molecule has 0 radical (unpaired) electrons. The van der Waals surface area contributed by atoms with Gasteiger partial charge in [-0.15, -0.1) is 0 Å².